The summed E-state index contributed by atoms with van der Waals surface area (Å²) in [6.45, 7) is 7.35. The molecule has 0 unspecified atom stereocenters. The molecule has 0 aromatic carbocycles. The summed E-state index contributed by atoms with van der Waals surface area (Å²) < 4.78 is 11.3. The van der Waals surface area contributed by atoms with E-state index in [2.05, 4.69) is 30.6 Å². The molecule has 2 aromatic rings. The Bertz CT molecular complexity index is 462. The number of rotatable bonds is 8. The Morgan fingerprint density at radius 2 is 2.05 bits per heavy atom. The van der Waals surface area contributed by atoms with Crippen molar-refractivity contribution in [1.29, 1.82) is 0 Å². The summed E-state index contributed by atoms with van der Waals surface area (Å²) in [6.07, 6.45) is 0. The maximum atomic E-state index is 5.70. The molecule has 3 nitrogen and oxygen atoms in total. The lowest BCUT2D eigenvalue weighted by molar-refractivity contribution is 0.0938. The summed E-state index contributed by atoms with van der Waals surface area (Å²) in [5, 5.41) is 5.42. The monoisotopic (exact) mass is 279 g/mol. The normalized spacial score (nSPS) is 11.3. The van der Waals surface area contributed by atoms with E-state index in [9.17, 15) is 0 Å². The molecule has 104 valence electrons. The zero-order valence-corrected chi connectivity index (χ0v) is 12.3. The topological polar surface area (TPSA) is 34.4 Å². The van der Waals surface area contributed by atoms with Crippen molar-refractivity contribution < 1.29 is 9.15 Å². The lowest BCUT2D eigenvalue weighted by Gasteiger charge is -2.05. The van der Waals surface area contributed by atoms with Crippen LogP contribution in [0, 0.1) is 5.92 Å². The fourth-order valence-electron chi connectivity index (χ4n) is 1.73. The fourth-order valence-corrected chi connectivity index (χ4v) is 2.37. The van der Waals surface area contributed by atoms with Crippen molar-refractivity contribution in [2.24, 2.45) is 5.92 Å². The number of thiophene rings is 1. The second-order valence-corrected chi connectivity index (χ2v) is 6.00. The predicted octanol–water partition coefficient (Wildman–Crippen LogP) is 3.80. The molecule has 1 N–H and O–H groups in total. The van der Waals surface area contributed by atoms with Gasteiger partial charge in [-0.2, -0.15) is 0 Å². The highest BCUT2D eigenvalue weighted by atomic mass is 32.1. The van der Waals surface area contributed by atoms with Crippen molar-refractivity contribution in [3.63, 3.8) is 0 Å². The zero-order valence-electron chi connectivity index (χ0n) is 11.5. The van der Waals surface area contributed by atoms with Crippen molar-refractivity contribution in [3.8, 4) is 0 Å². The minimum absolute atomic E-state index is 0.530. The first-order valence-corrected chi connectivity index (χ1v) is 7.50. The third-order valence-corrected chi connectivity index (χ3v) is 3.49. The van der Waals surface area contributed by atoms with Gasteiger partial charge < -0.3 is 14.5 Å². The highest BCUT2D eigenvalue weighted by Crippen LogP contribution is 2.13. The van der Waals surface area contributed by atoms with E-state index in [1.807, 2.05) is 18.2 Å². The van der Waals surface area contributed by atoms with E-state index in [0.29, 0.717) is 19.1 Å². The van der Waals surface area contributed by atoms with Crippen molar-refractivity contribution in [2.45, 2.75) is 33.6 Å². The van der Waals surface area contributed by atoms with Gasteiger partial charge in [0.1, 0.15) is 18.1 Å². The molecule has 0 radical (unpaired) electrons. The van der Waals surface area contributed by atoms with Crippen LogP contribution in [0.25, 0.3) is 0 Å². The molecule has 0 spiro atoms. The third-order valence-electron chi connectivity index (χ3n) is 2.64. The Balaban J connectivity index is 1.68. The molecule has 19 heavy (non-hydrogen) atoms. The average Bonchev–Trinajstić information content (AvgIpc) is 3.00. The molecular weight excluding hydrogens is 258 g/mol. The highest BCUT2D eigenvalue weighted by molar-refractivity contribution is 7.09. The van der Waals surface area contributed by atoms with E-state index in [-0.39, 0.29) is 0 Å². The molecule has 0 saturated heterocycles. The Hall–Kier alpha value is -1.10. The average molecular weight is 279 g/mol. The second kappa shape index (κ2) is 7.48. The van der Waals surface area contributed by atoms with Crippen LogP contribution in [0.15, 0.2) is 34.1 Å². The van der Waals surface area contributed by atoms with Crippen LogP contribution in [0.1, 0.15) is 30.2 Å². The fraction of sp³-hybridized carbons (Fsp3) is 0.467. The van der Waals surface area contributed by atoms with Gasteiger partial charge in [0.2, 0.25) is 0 Å². The van der Waals surface area contributed by atoms with Crippen LogP contribution in [0.5, 0.6) is 0 Å². The van der Waals surface area contributed by atoms with Gasteiger partial charge >= 0.3 is 0 Å². The molecular formula is C15H21NO2S. The minimum atomic E-state index is 0.530. The van der Waals surface area contributed by atoms with Gasteiger partial charge in [0.15, 0.2) is 0 Å². The van der Waals surface area contributed by atoms with Crippen LogP contribution >= 0.6 is 11.3 Å². The van der Waals surface area contributed by atoms with Gasteiger partial charge in [-0.05, 0) is 36.0 Å². The molecule has 0 aliphatic rings. The largest absolute Gasteiger partial charge is 0.462 e. The smallest absolute Gasteiger partial charge is 0.129 e. The number of nitrogens with one attached hydrogen (secondary N) is 1. The van der Waals surface area contributed by atoms with E-state index in [0.717, 1.165) is 24.6 Å². The molecule has 0 aliphatic heterocycles. The highest BCUT2D eigenvalue weighted by Gasteiger charge is 2.03. The number of hydrogen-bond donors (Lipinski definition) is 1. The molecule has 0 bridgehead atoms. The number of ether oxygens (including phenoxy) is 1. The molecule has 0 fully saturated rings. The van der Waals surface area contributed by atoms with E-state index >= 15 is 0 Å². The van der Waals surface area contributed by atoms with Crippen LogP contribution in [-0.2, 0) is 24.5 Å². The summed E-state index contributed by atoms with van der Waals surface area (Å²) in [4.78, 5) is 1.24. The first-order valence-electron chi connectivity index (χ1n) is 6.62. The minimum Gasteiger partial charge on any atom is -0.462 e. The van der Waals surface area contributed by atoms with Crippen molar-refractivity contribution in [1.82, 2.24) is 5.32 Å². The molecule has 0 amide bonds. The van der Waals surface area contributed by atoms with Crippen LogP contribution in [0.4, 0.5) is 0 Å². The van der Waals surface area contributed by atoms with Crippen LogP contribution in [0.3, 0.4) is 0 Å². The summed E-state index contributed by atoms with van der Waals surface area (Å²) in [5.74, 6) is 2.51. The van der Waals surface area contributed by atoms with Crippen LogP contribution < -0.4 is 5.32 Å². The first-order chi connectivity index (χ1) is 9.24. The zero-order chi connectivity index (χ0) is 13.5. The Morgan fingerprint density at radius 3 is 2.79 bits per heavy atom. The van der Waals surface area contributed by atoms with Crippen molar-refractivity contribution in [2.75, 3.05) is 6.54 Å². The SMILES string of the molecule is CC(C)CNCc1ccc(COCc2cccs2)o1. The lowest BCUT2D eigenvalue weighted by Crippen LogP contribution is -2.18. The Kier molecular flexibility index (Phi) is 5.63. The van der Waals surface area contributed by atoms with E-state index < -0.39 is 0 Å². The van der Waals surface area contributed by atoms with Gasteiger partial charge in [0.05, 0.1) is 13.2 Å². The predicted molar refractivity (Wildman–Crippen MR) is 78.1 cm³/mol. The molecule has 4 heteroatoms. The second-order valence-electron chi connectivity index (χ2n) is 4.96. The standard InChI is InChI=1S/C15H21NO2S/c1-12(2)8-16-9-13-5-6-14(18-13)10-17-11-15-4-3-7-19-15/h3-7,12,16H,8-11H2,1-2H3. The summed E-state index contributed by atoms with van der Waals surface area (Å²) in [7, 11) is 0. The van der Waals surface area contributed by atoms with Crippen molar-refractivity contribution in [3.05, 3.63) is 46.0 Å². The maximum Gasteiger partial charge on any atom is 0.129 e. The molecule has 0 atom stereocenters. The molecule has 0 aliphatic carbocycles. The van der Waals surface area contributed by atoms with Gasteiger partial charge in [0, 0.05) is 4.88 Å². The molecule has 2 aromatic heterocycles. The molecule has 2 heterocycles. The van der Waals surface area contributed by atoms with Crippen molar-refractivity contribution >= 4 is 11.3 Å². The van der Waals surface area contributed by atoms with Gasteiger partial charge in [-0.15, -0.1) is 11.3 Å². The first kappa shape index (κ1) is 14.3. The Labute approximate surface area is 118 Å². The summed E-state index contributed by atoms with van der Waals surface area (Å²) in [5.41, 5.74) is 0. The van der Waals surface area contributed by atoms with Gasteiger partial charge in [-0.25, -0.2) is 0 Å². The molecule has 0 saturated carbocycles. The molecule has 2 rings (SSSR count). The van der Waals surface area contributed by atoms with E-state index in [1.54, 1.807) is 11.3 Å². The summed E-state index contributed by atoms with van der Waals surface area (Å²) >= 11 is 1.71. The quantitative estimate of drug-likeness (QED) is 0.798. The van der Waals surface area contributed by atoms with Crippen LogP contribution in [-0.4, -0.2) is 6.54 Å². The van der Waals surface area contributed by atoms with Gasteiger partial charge in [-0.1, -0.05) is 19.9 Å². The summed E-state index contributed by atoms with van der Waals surface area (Å²) in [6, 6.07) is 8.11. The Morgan fingerprint density at radius 1 is 1.21 bits per heavy atom. The van der Waals surface area contributed by atoms with Gasteiger partial charge in [-0.3, -0.25) is 0 Å². The number of hydrogen-bond acceptors (Lipinski definition) is 4. The van der Waals surface area contributed by atoms with E-state index in [4.69, 9.17) is 9.15 Å². The van der Waals surface area contributed by atoms with Crippen LogP contribution in [0.2, 0.25) is 0 Å². The lowest BCUT2D eigenvalue weighted by atomic mass is 10.2. The third kappa shape index (κ3) is 5.19. The number of furan rings is 1. The maximum absolute atomic E-state index is 5.70. The van der Waals surface area contributed by atoms with Gasteiger partial charge in [0.25, 0.3) is 0 Å². The van der Waals surface area contributed by atoms with E-state index in [1.165, 1.54) is 4.88 Å².